The van der Waals surface area contributed by atoms with E-state index in [0.717, 1.165) is 0 Å². The van der Waals surface area contributed by atoms with E-state index in [-0.39, 0.29) is 18.5 Å². The number of rotatable bonds is 4. The zero-order valence-corrected chi connectivity index (χ0v) is 11.2. The molecule has 5 nitrogen and oxygen atoms in total. The molecule has 0 saturated carbocycles. The first-order chi connectivity index (χ1) is 9.18. The molecule has 0 aromatic heterocycles. The van der Waals surface area contributed by atoms with Gasteiger partial charge in [0.15, 0.2) is 0 Å². The number of aliphatic hydroxyl groups excluding tert-OH is 1. The number of amides is 1. The van der Waals surface area contributed by atoms with Crippen molar-refractivity contribution in [3.63, 3.8) is 0 Å². The number of ether oxygens (including phenoxy) is 1. The zero-order valence-electron chi connectivity index (χ0n) is 10.4. The minimum Gasteiger partial charge on any atom is -0.387 e. The second-order valence-corrected chi connectivity index (χ2v) is 4.77. The van der Waals surface area contributed by atoms with Crippen LogP contribution in [0.4, 0.5) is 0 Å². The first-order valence-electron chi connectivity index (χ1n) is 6.20. The molecule has 19 heavy (non-hydrogen) atoms. The van der Waals surface area contributed by atoms with Crippen LogP contribution in [0.5, 0.6) is 0 Å². The van der Waals surface area contributed by atoms with Crippen LogP contribution in [0.1, 0.15) is 11.7 Å². The molecule has 1 fully saturated rings. The Labute approximate surface area is 116 Å². The molecular weight excluding hydrogens is 268 g/mol. The SMILES string of the molecule is O=C(NC[C@@H](O)c1ccccc1Cl)[C@@H]1COCCN1. The Morgan fingerprint density at radius 3 is 3.05 bits per heavy atom. The minimum absolute atomic E-state index is 0.126. The lowest BCUT2D eigenvalue weighted by Crippen LogP contribution is -2.51. The van der Waals surface area contributed by atoms with Crippen LogP contribution >= 0.6 is 11.6 Å². The van der Waals surface area contributed by atoms with Crippen molar-refractivity contribution in [2.45, 2.75) is 12.1 Å². The van der Waals surface area contributed by atoms with E-state index in [1.54, 1.807) is 24.3 Å². The van der Waals surface area contributed by atoms with Crippen molar-refractivity contribution in [2.75, 3.05) is 26.3 Å². The number of halogens is 1. The van der Waals surface area contributed by atoms with Crippen molar-refractivity contribution in [3.8, 4) is 0 Å². The Balaban J connectivity index is 1.84. The summed E-state index contributed by atoms with van der Waals surface area (Å²) in [4.78, 5) is 11.8. The average Bonchev–Trinajstić information content (AvgIpc) is 2.46. The molecule has 1 aromatic carbocycles. The summed E-state index contributed by atoms with van der Waals surface area (Å²) in [5, 5.41) is 16.2. The van der Waals surface area contributed by atoms with Crippen LogP contribution in [0.25, 0.3) is 0 Å². The van der Waals surface area contributed by atoms with Gasteiger partial charge in [0.25, 0.3) is 0 Å². The summed E-state index contributed by atoms with van der Waals surface area (Å²) >= 11 is 5.98. The molecule has 0 unspecified atom stereocenters. The summed E-state index contributed by atoms with van der Waals surface area (Å²) in [6.07, 6.45) is -0.817. The molecule has 104 valence electrons. The summed E-state index contributed by atoms with van der Waals surface area (Å²) in [7, 11) is 0. The van der Waals surface area contributed by atoms with Gasteiger partial charge in [-0.3, -0.25) is 4.79 Å². The topological polar surface area (TPSA) is 70.6 Å². The van der Waals surface area contributed by atoms with E-state index in [0.29, 0.717) is 30.3 Å². The second-order valence-electron chi connectivity index (χ2n) is 4.36. The highest BCUT2D eigenvalue weighted by Crippen LogP contribution is 2.21. The standard InChI is InChI=1S/C13H17ClN2O3/c14-10-4-2-1-3-9(10)12(17)7-16-13(18)11-8-19-6-5-15-11/h1-4,11-12,15,17H,5-8H2,(H,16,18)/t11-,12+/m0/s1. The molecule has 1 aliphatic heterocycles. The monoisotopic (exact) mass is 284 g/mol. The highest BCUT2D eigenvalue weighted by Gasteiger charge is 2.22. The van der Waals surface area contributed by atoms with Gasteiger partial charge < -0.3 is 20.5 Å². The lowest BCUT2D eigenvalue weighted by molar-refractivity contribution is -0.126. The first-order valence-corrected chi connectivity index (χ1v) is 6.57. The number of benzene rings is 1. The fraction of sp³-hybridized carbons (Fsp3) is 0.462. The Bertz CT molecular complexity index is 436. The maximum atomic E-state index is 11.8. The number of morpholine rings is 1. The van der Waals surface area contributed by atoms with Crippen LogP contribution in [0, 0.1) is 0 Å². The Kier molecular flexibility index (Phi) is 5.15. The van der Waals surface area contributed by atoms with Gasteiger partial charge in [-0.05, 0) is 6.07 Å². The number of aliphatic hydroxyl groups is 1. The van der Waals surface area contributed by atoms with Crippen molar-refractivity contribution in [2.24, 2.45) is 0 Å². The van der Waals surface area contributed by atoms with E-state index < -0.39 is 6.10 Å². The fourth-order valence-electron chi connectivity index (χ4n) is 1.91. The van der Waals surface area contributed by atoms with Crippen molar-refractivity contribution >= 4 is 17.5 Å². The predicted molar refractivity (Wildman–Crippen MR) is 72.0 cm³/mol. The highest BCUT2D eigenvalue weighted by molar-refractivity contribution is 6.31. The minimum atomic E-state index is -0.817. The molecular formula is C13H17ClN2O3. The van der Waals surface area contributed by atoms with Crippen LogP contribution in [-0.2, 0) is 9.53 Å². The van der Waals surface area contributed by atoms with E-state index in [1.165, 1.54) is 0 Å². The van der Waals surface area contributed by atoms with Crippen LogP contribution < -0.4 is 10.6 Å². The summed E-state index contributed by atoms with van der Waals surface area (Å²) in [5.74, 6) is -0.175. The molecule has 2 rings (SSSR count). The third-order valence-corrected chi connectivity index (χ3v) is 3.32. The molecule has 1 heterocycles. The van der Waals surface area contributed by atoms with Gasteiger partial charge in [-0.2, -0.15) is 0 Å². The number of nitrogens with one attached hydrogen (secondary N) is 2. The van der Waals surface area contributed by atoms with Gasteiger partial charge in [-0.1, -0.05) is 29.8 Å². The molecule has 3 N–H and O–H groups in total. The third kappa shape index (κ3) is 3.91. The van der Waals surface area contributed by atoms with Gasteiger partial charge in [0.05, 0.1) is 19.3 Å². The van der Waals surface area contributed by atoms with Crippen LogP contribution in [0.3, 0.4) is 0 Å². The van der Waals surface area contributed by atoms with Gasteiger partial charge in [0, 0.05) is 23.7 Å². The fourth-order valence-corrected chi connectivity index (χ4v) is 2.17. The average molecular weight is 285 g/mol. The Hall–Kier alpha value is -1.14. The van der Waals surface area contributed by atoms with Crippen molar-refractivity contribution in [1.82, 2.24) is 10.6 Å². The molecule has 1 amide bonds. The van der Waals surface area contributed by atoms with Crippen molar-refractivity contribution in [3.05, 3.63) is 34.9 Å². The largest absolute Gasteiger partial charge is 0.387 e. The zero-order chi connectivity index (χ0) is 13.7. The normalized spacial score (nSPS) is 20.8. The summed E-state index contributed by atoms with van der Waals surface area (Å²) in [6.45, 7) is 1.76. The number of carbonyl (C=O) groups excluding carboxylic acids is 1. The lowest BCUT2D eigenvalue weighted by Gasteiger charge is -2.23. The maximum absolute atomic E-state index is 11.8. The summed E-state index contributed by atoms with van der Waals surface area (Å²) < 4.78 is 5.21. The third-order valence-electron chi connectivity index (χ3n) is 2.97. The predicted octanol–water partition coefficient (Wildman–Crippen LogP) is 0.478. The Morgan fingerprint density at radius 2 is 2.37 bits per heavy atom. The number of hydrogen-bond acceptors (Lipinski definition) is 4. The van der Waals surface area contributed by atoms with E-state index in [1.807, 2.05) is 0 Å². The van der Waals surface area contributed by atoms with Crippen molar-refractivity contribution in [1.29, 1.82) is 0 Å². The van der Waals surface area contributed by atoms with E-state index in [9.17, 15) is 9.90 Å². The maximum Gasteiger partial charge on any atom is 0.239 e. The van der Waals surface area contributed by atoms with Gasteiger partial charge in [-0.15, -0.1) is 0 Å². The van der Waals surface area contributed by atoms with Crippen molar-refractivity contribution < 1.29 is 14.6 Å². The van der Waals surface area contributed by atoms with Crippen LogP contribution in [-0.4, -0.2) is 43.4 Å². The van der Waals surface area contributed by atoms with Gasteiger partial charge in [0.2, 0.25) is 5.91 Å². The summed E-state index contributed by atoms with van der Waals surface area (Å²) in [6, 6.07) is 6.68. The smallest absolute Gasteiger partial charge is 0.239 e. The van der Waals surface area contributed by atoms with E-state index in [2.05, 4.69) is 10.6 Å². The van der Waals surface area contributed by atoms with Gasteiger partial charge in [0.1, 0.15) is 6.04 Å². The quantitative estimate of drug-likeness (QED) is 0.752. The van der Waals surface area contributed by atoms with E-state index >= 15 is 0 Å². The van der Waals surface area contributed by atoms with Crippen LogP contribution in [0.2, 0.25) is 5.02 Å². The lowest BCUT2D eigenvalue weighted by atomic mass is 10.1. The van der Waals surface area contributed by atoms with Gasteiger partial charge >= 0.3 is 0 Å². The van der Waals surface area contributed by atoms with Gasteiger partial charge in [-0.25, -0.2) is 0 Å². The summed E-state index contributed by atoms with van der Waals surface area (Å²) in [5.41, 5.74) is 0.609. The number of hydrogen-bond donors (Lipinski definition) is 3. The molecule has 0 bridgehead atoms. The molecule has 0 aliphatic carbocycles. The second kappa shape index (κ2) is 6.86. The molecule has 0 spiro atoms. The molecule has 6 heteroatoms. The van der Waals surface area contributed by atoms with Crippen LogP contribution in [0.15, 0.2) is 24.3 Å². The first kappa shape index (κ1) is 14.3. The molecule has 0 radical (unpaired) electrons. The highest BCUT2D eigenvalue weighted by atomic mass is 35.5. The molecule has 1 saturated heterocycles. The molecule has 1 aromatic rings. The number of carbonyl (C=O) groups is 1. The Morgan fingerprint density at radius 1 is 1.58 bits per heavy atom. The molecule has 2 atom stereocenters. The van der Waals surface area contributed by atoms with E-state index in [4.69, 9.17) is 16.3 Å². The molecule has 1 aliphatic rings.